The van der Waals surface area contributed by atoms with E-state index in [1.165, 1.54) is 0 Å². The van der Waals surface area contributed by atoms with Crippen molar-refractivity contribution in [2.24, 2.45) is 12.8 Å². The van der Waals surface area contributed by atoms with Crippen LogP contribution in [0.3, 0.4) is 0 Å². The maximum absolute atomic E-state index is 6.21. The Bertz CT molecular complexity index is 515. The van der Waals surface area contributed by atoms with Crippen molar-refractivity contribution in [2.45, 2.75) is 25.9 Å². The van der Waals surface area contributed by atoms with E-state index in [9.17, 15) is 0 Å². The molecule has 0 aliphatic rings. The van der Waals surface area contributed by atoms with E-state index in [1.807, 2.05) is 17.9 Å². The maximum atomic E-state index is 6.21. The molecule has 0 fully saturated rings. The summed E-state index contributed by atoms with van der Waals surface area (Å²) in [6.45, 7) is 4.12. The summed E-state index contributed by atoms with van der Waals surface area (Å²) in [6.07, 6.45) is 3.57. The van der Waals surface area contributed by atoms with Gasteiger partial charge in [0.05, 0.1) is 28.6 Å². The average Bonchev–Trinajstić information content (AvgIpc) is 2.83. The molecule has 1 unspecified atom stereocenters. The predicted molar refractivity (Wildman–Crippen MR) is 67.3 cm³/mol. The van der Waals surface area contributed by atoms with Crippen molar-refractivity contribution in [3.05, 3.63) is 28.3 Å². The van der Waals surface area contributed by atoms with E-state index in [-0.39, 0.29) is 12.1 Å². The summed E-state index contributed by atoms with van der Waals surface area (Å²) >= 11 is 3.47. The van der Waals surface area contributed by atoms with Crippen LogP contribution in [0, 0.1) is 0 Å². The Hall–Kier alpha value is -1.21. The minimum Gasteiger partial charge on any atom is -0.318 e. The fourth-order valence-corrected chi connectivity index (χ4v) is 2.22. The summed E-state index contributed by atoms with van der Waals surface area (Å²) in [5.74, 6) is 0. The molecule has 7 heteroatoms. The molecule has 2 aromatic heterocycles. The van der Waals surface area contributed by atoms with Gasteiger partial charge in [-0.2, -0.15) is 5.10 Å². The highest BCUT2D eigenvalue weighted by Crippen LogP contribution is 2.27. The number of hydrogen-bond donors (Lipinski definition) is 1. The van der Waals surface area contributed by atoms with Crippen molar-refractivity contribution in [3.63, 3.8) is 0 Å². The highest BCUT2D eigenvalue weighted by atomic mass is 79.9. The van der Waals surface area contributed by atoms with Gasteiger partial charge in [0.25, 0.3) is 0 Å². The molecule has 1 atom stereocenters. The van der Waals surface area contributed by atoms with Crippen LogP contribution in [0.4, 0.5) is 0 Å². The molecular weight excluding hydrogens is 284 g/mol. The van der Waals surface area contributed by atoms with Gasteiger partial charge in [-0.05, 0) is 29.8 Å². The Morgan fingerprint density at radius 1 is 1.41 bits per heavy atom. The Morgan fingerprint density at radius 3 is 2.65 bits per heavy atom. The van der Waals surface area contributed by atoms with E-state index in [0.29, 0.717) is 0 Å². The molecule has 2 heterocycles. The number of nitrogens with zero attached hydrogens (tertiary/aromatic N) is 5. The molecule has 0 aliphatic carbocycles. The van der Waals surface area contributed by atoms with Gasteiger partial charge in [-0.3, -0.25) is 9.36 Å². The number of nitrogens with two attached hydrogens (primary N) is 1. The molecule has 6 nitrogen and oxygen atoms in total. The molecule has 0 saturated heterocycles. The topological polar surface area (TPSA) is 74.6 Å². The summed E-state index contributed by atoms with van der Waals surface area (Å²) in [4.78, 5) is 0. The minimum atomic E-state index is -0.331. The highest BCUT2D eigenvalue weighted by molar-refractivity contribution is 9.10. The van der Waals surface area contributed by atoms with Crippen molar-refractivity contribution in [1.29, 1.82) is 0 Å². The molecule has 2 rings (SSSR count). The first kappa shape index (κ1) is 12.3. The maximum Gasteiger partial charge on any atom is 0.106 e. The lowest BCUT2D eigenvalue weighted by Crippen LogP contribution is -2.19. The number of aromatic nitrogens is 5. The zero-order valence-electron chi connectivity index (χ0n) is 10.0. The Morgan fingerprint density at radius 2 is 2.12 bits per heavy atom. The second-order valence-corrected chi connectivity index (χ2v) is 5.07. The molecule has 0 spiro atoms. The number of aryl methyl sites for hydroxylation is 1. The van der Waals surface area contributed by atoms with Gasteiger partial charge in [0.1, 0.15) is 5.69 Å². The molecule has 92 valence electrons. The van der Waals surface area contributed by atoms with Crippen LogP contribution in [0.1, 0.15) is 37.3 Å². The van der Waals surface area contributed by atoms with Crippen molar-refractivity contribution < 1.29 is 0 Å². The van der Waals surface area contributed by atoms with Gasteiger partial charge in [0.15, 0.2) is 0 Å². The number of rotatable bonds is 3. The molecule has 0 bridgehead atoms. The quantitative estimate of drug-likeness (QED) is 0.929. The fourth-order valence-electron chi connectivity index (χ4n) is 1.70. The molecule has 0 aliphatic heterocycles. The van der Waals surface area contributed by atoms with Crippen LogP contribution in [0.2, 0.25) is 0 Å². The summed E-state index contributed by atoms with van der Waals surface area (Å²) in [6, 6.07) is -0.0815. The van der Waals surface area contributed by atoms with E-state index in [1.54, 1.807) is 10.9 Å². The summed E-state index contributed by atoms with van der Waals surface area (Å²) in [7, 11) is 1.82. The second kappa shape index (κ2) is 4.58. The first-order valence-electron chi connectivity index (χ1n) is 5.35. The van der Waals surface area contributed by atoms with Crippen LogP contribution in [0.5, 0.6) is 0 Å². The summed E-state index contributed by atoms with van der Waals surface area (Å²) in [5, 5.41) is 12.2. The van der Waals surface area contributed by atoms with Crippen LogP contribution in [0.15, 0.2) is 16.9 Å². The van der Waals surface area contributed by atoms with Crippen molar-refractivity contribution >= 4 is 15.9 Å². The lowest BCUT2D eigenvalue weighted by Gasteiger charge is -2.15. The zero-order valence-corrected chi connectivity index (χ0v) is 11.6. The van der Waals surface area contributed by atoms with Gasteiger partial charge in [-0.1, -0.05) is 5.21 Å². The third-order valence-corrected chi connectivity index (χ3v) is 3.12. The zero-order chi connectivity index (χ0) is 12.6. The van der Waals surface area contributed by atoms with Crippen LogP contribution in [0.25, 0.3) is 0 Å². The van der Waals surface area contributed by atoms with Crippen LogP contribution in [-0.2, 0) is 7.05 Å². The SMILES string of the molecule is CC(C)n1ncc(Br)c1C(N)c1cn(C)nn1. The predicted octanol–water partition coefficient (Wildman–Crippen LogP) is 1.40. The molecular formula is C10H15BrN6. The molecule has 17 heavy (non-hydrogen) atoms. The van der Waals surface area contributed by atoms with Crippen LogP contribution < -0.4 is 5.73 Å². The molecule has 0 radical (unpaired) electrons. The first-order valence-corrected chi connectivity index (χ1v) is 6.14. The van der Waals surface area contributed by atoms with E-state index < -0.39 is 0 Å². The molecule has 0 aromatic carbocycles. The van der Waals surface area contributed by atoms with E-state index in [4.69, 9.17) is 5.73 Å². The Balaban J connectivity index is 2.43. The highest BCUT2D eigenvalue weighted by Gasteiger charge is 2.21. The molecule has 0 amide bonds. The molecule has 2 N–H and O–H groups in total. The third-order valence-electron chi connectivity index (χ3n) is 2.51. The van der Waals surface area contributed by atoms with Crippen molar-refractivity contribution in [3.8, 4) is 0 Å². The van der Waals surface area contributed by atoms with Gasteiger partial charge in [-0.15, -0.1) is 5.10 Å². The van der Waals surface area contributed by atoms with Gasteiger partial charge in [-0.25, -0.2) is 0 Å². The summed E-state index contributed by atoms with van der Waals surface area (Å²) < 4.78 is 4.42. The second-order valence-electron chi connectivity index (χ2n) is 4.21. The lowest BCUT2D eigenvalue weighted by atomic mass is 10.1. The molecule has 0 saturated carbocycles. The van der Waals surface area contributed by atoms with Crippen molar-refractivity contribution in [2.75, 3.05) is 0 Å². The van der Waals surface area contributed by atoms with Crippen molar-refractivity contribution in [1.82, 2.24) is 24.8 Å². The van der Waals surface area contributed by atoms with Gasteiger partial charge in [0, 0.05) is 13.1 Å². The fraction of sp³-hybridized carbons (Fsp3) is 0.500. The van der Waals surface area contributed by atoms with Gasteiger partial charge in [0.2, 0.25) is 0 Å². The van der Waals surface area contributed by atoms with Gasteiger partial charge < -0.3 is 5.73 Å². The average molecular weight is 299 g/mol. The van der Waals surface area contributed by atoms with E-state index in [0.717, 1.165) is 15.9 Å². The molecule has 2 aromatic rings. The smallest absolute Gasteiger partial charge is 0.106 e. The largest absolute Gasteiger partial charge is 0.318 e. The Kier molecular flexibility index (Phi) is 3.30. The minimum absolute atomic E-state index is 0.249. The Labute approximate surface area is 108 Å². The summed E-state index contributed by atoms with van der Waals surface area (Å²) in [5.41, 5.74) is 7.86. The van der Waals surface area contributed by atoms with Crippen LogP contribution >= 0.6 is 15.9 Å². The standard InChI is InChI=1S/C10H15BrN6/c1-6(2)17-10(7(11)4-13-17)9(12)8-5-16(3)15-14-8/h4-6,9H,12H2,1-3H3. The van der Waals surface area contributed by atoms with E-state index in [2.05, 4.69) is 45.2 Å². The lowest BCUT2D eigenvalue weighted by molar-refractivity contribution is 0.496. The third kappa shape index (κ3) is 2.25. The van der Waals surface area contributed by atoms with Crippen LogP contribution in [-0.4, -0.2) is 24.8 Å². The first-order chi connectivity index (χ1) is 8.00. The monoisotopic (exact) mass is 298 g/mol. The number of hydrogen-bond acceptors (Lipinski definition) is 4. The normalized spacial score (nSPS) is 13.3. The van der Waals surface area contributed by atoms with E-state index >= 15 is 0 Å². The number of halogens is 1. The van der Waals surface area contributed by atoms with Gasteiger partial charge >= 0.3 is 0 Å².